The first-order valence-corrected chi connectivity index (χ1v) is 12.8. The molecule has 2 unspecified atom stereocenters. The standard InChI is InChI=1S/C21H21Cl2N3O3S2/c1-15-6-8-17(9-7-15)29-31(28)30-19-24-14-25-26(19)13-21(27,20(23)10-11-20)12-16-4-2-3-5-18(16)22/h2-9,14,27H,10-13H2,1H3. The van der Waals surface area contributed by atoms with E-state index >= 15 is 0 Å². The van der Waals surface area contributed by atoms with E-state index in [9.17, 15) is 9.32 Å². The topological polar surface area (TPSA) is 77.2 Å². The number of alkyl halides is 1. The Morgan fingerprint density at radius 1 is 1.26 bits per heavy atom. The first kappa shape index (κ1) is 22.6. The molecule has 1 N–H and O–H groups in total. The van der Waals surface area contributed by atoms with Gasteiger partial charge in [0.2, 0.25) is 5.16 Å². The number of nitrogens with zero attached hydrogens (tertiary/aromatic N) is 3. The number of halogens is 2. The fraction of sp³-hybridized carbons (Fsp3) is 0.333. The number of hydrogen-bond donors (Lipinski definition) is 1. The molecule has 0 spiro atoms. The summed E-state index contributed by atoms with van der Waals surface area (Å²) in [5.74, 6) is 0.496. The van der Waals surface area contributed by atoms with Crippen LogP contribution in [0.5, 0.6) is 5.75 Å². The highest BCUT2D eigenvalue weighted by Crippen LogP contribution is 2.53. The van der Waals surface area contributed by atoms with Gasteiger partial charge in [0.05, 0.1) is 22.2 Å². The first-order chi connectivity index (χ1) is 14.8. The van der Waals surface area contributed by atoms with Gasteiger partial charge < -0.3 is 9.29 Å². The number of aromatic nitrogens is 3. The second kappa shape index (κ2) is 9.11. The van der Waals surface area contributed by atoms with E-state index in [0.717, 1.165) is 21.9 Å². The SMILES string of the molecule is Cc1ccc(OS(=O)Sc2ncnn2CC(O)(Cc2ccccc2Cl)C2(Cl)CC2)cc1. The quantitative estimate of drug-likeness (QED) is 0.340. The van der Waals surface area contributed by atoms with Crippen LogP contribution in [0.25, 0.3) is 0 Å². The summed E-state index contributed by atoms with van der Waals surface area (Å²) in [6.45, 7) is 2.05. The lowest BCUT2D eigenvalue weighted by atomic mass is 9.89. The van der Waals surface area contributed by atoms with Crippen molar-refractivity contribution in [3.63, 3.8) is 0 Å². The van der Waals surface area contributed by atoms with E-state index in [1.165, 1.54) is 11.0 Å². The van der Waals surface area contributed by atoms with Crippen molar-refractivity contribution < 1.29 is 13.5 Å². The third-order valence-electron chi connectivity index (χ3n) is 5.28. The van der Waals surface area contributed by atoms with E-state index < -0.39 is 20.6 Å². The Hall–Kier alpha value is -1.58. The van der Waals surface area contributed by atoms with Crippen LogP contribution in [-0.2, 0) is 23.1 Å². The van der Waals surface area contributed by atoms with Crippen LogP contribution in [0.15, 0.2) is 60.0 Å². The number of aliphatic hydroxyl groups is 1. The molecule has 1 saturated carbocycles. The van der Waals surface area contributed by atoms with Gasteiger partial charge in [0.25, 0.3) is 10.1 Å². The smallest absolute Gasteiger partial charge is 0.279 e. The van der Waals surface area contributed by atoms with E-state index in [-0.39, 0.29) is 13.0 Å². The molecule has 1 aliphatic carbocycles. The highest BCUT2D eigenvalue weighted by Gasteiger charge is 2.58. The van der Waals surface area contributed by atoms with Gasteiger partial charge in [-0.05, 0) is 43.5 Å². The molecule has 31 heavy (non-hydrogen) atoms. The molecule has 0 radical (unpaired) electrons. The third-order valence-corrected chi connectivity index (χ3v) is 8.37. The number of rotatable bonds is 9. The molecule has 6 nitrogen and oxygen atoms in total. The van der Waals surface area contributed by atoms with Crippen LogP contribution in [0.1, 0.15) is 24.0 Å². The highest BCUT2D eigenvalue weighted by atomic mass is 35.5. The van der Waals surface area contributed by atoms with Crippen LogP contribution in [-0.4, -0.2) is 34.6 Å². The molecule has 1 fully saturated rings. The Morgan fingerprint density at radius 3 is 2.65 bits per heavy atom. The molecule has 0 saturated heterocycles. The van der Waals surface area contributed by atoms with Crippen LogP contribution >= 0.6 is 34.0 Å². The van der Waals surface area contributed by atoms with E-state index in [1.807, 2.05) is 37.3 Å². The van der Waals surface area contributed by atoms with E-state index in [4.69, 9.17) is 27.4 Å². The molecule has 10 heteroatoms. The van der Waals surface area contributed by atoms with Gasteiger partial charge in [0.15, 0.2) is 0 Å². The molecule has 1 aromatic heterocycles. The average Bonchev–Trinajstić information content (AvgIpc) is 3.36. The molecular formula is C21H21Cl2N3O3S2. The average molecular weight is 498 g/mol. The van der Waals surface area contributed by atoms with Crippen molar-refractivity contribution in [2.45, 2.75) is 48.4 Å². The normalized spacial score (nSPS) is 17.7. The predicted molar refractivity (Wildman–Crippen MR) is 124 cm³/mol. The summed E-state index contributed by atoms with van der Waals surface area (Å²) in [4.78, 5) is 3.42. The maximum atomic E-state index is 12.5. The second-order valence-corrected chi connectivity index (χ2v) is 11.2. The molecule has 0 bridgehead atoms. The maximum absolute atomic E-state index is 12.5. The summed E-state index contributed by atoms with van der Waals surface area (Å²) in [5.41, 5.74) is 0.583. The molecule has 0 amide bonds. The maximum Gasteiger partial charge on any atom is 0.279 e. The minimum absolute atomic E-state index is 0.0891. The lowest BCUT2D eigenvalue weighted by molar-refractivity contribution is 0.00527. The molecule has 164 valence electrons. The zero-order valence-electron chi connectivity index (χ0n) is 16.7. The molecular weight excluding hydrogens is 477 g/mol. The Morgan fingerprint density at radius 2 is 1.97 bits per heavy atom. The second-order valence-electron chi connectivity index (χ2n) is 7.65. The molecule has 2 atom stereocenters. The highest BCUT2D eigenvalue weighted by molar-refractivity contribution is 8.67. The summed E-state index contributed by atoms with van der Waals surface area (Å²) in [6.07, 6.45) is 3.00. The Balaban J connectivity index is 1.50. The van der Waals surface area contributed by atoms with Crippen LogP contribution in [0.4, 0.5) is 0 Å². The van der Waals surface area contributed by atoms with Crippen molar-refractivity contribution in [2.75, 3.05) is 0 Å². The number of benzene rings is 2. The minimum atomic E-state index is -1.74. The Kier molecular flexibility index (Phi) is 6.65. The van der Waals surface area contributed by atoms with Gasteiger partial charge in [0.1, 0.15) is 17.7 Å². The van der Waals surface area contributed by atoms with Crippen molar-refractivity contribution in [1.29, 1.82) is 0 Å². The van der Waals surface area contributed by atoms with Crippen LogP contribution in [0.3, 0.4) is 0 Å². The zero-order valence-corrected chi connectivity index (χ0v) is 19.8. The Labute approximate surface area is 197 Å². The Bertz CT molecular complexity index is 1090. The first-order valence-electron chi connectivity index (χ1n) is 9.66. The number of aryl methyl sites for hydroxylation is 1. The van der Waals surface area contributed by atoms with Gasteiger partial charge in [-0.1, -0.05) is 47.5 Å². The van der Waals surface area contributed by atoms with Gasteiger partial charge in [0, 0.05) is 11.4 Å². The zero-order chi connectivity index (χ0) is 22.1. The minimum Gasteiger partial charge on any atom is -0.392 e. The van der Waals surface area contributed by atoms with Crippen LogP contribution in [0.2, 0.25) is 5.02 Å². The monoisotopic (exact) mass is 497 g/mol. The summed E-state index contributed by atoms with van der Waals surface area (Å²) in [6, 6.07) is 14.6. The van der Waals surface area contributed by atoms with Gasteiger partial charge in [-0.15, -0.1) is 11.6 Å². The van der Waals surface area contributed by atoms with Crippen molar-refractivity contribution in [3.05, 3.63) is 71.0 Å². The fourth-order valence-corrected chi connectivity index (χ4v) is 5.54. The molecule has 2 aromatic carbocycles. The van der Waals surface area contributed by atoms with Gasteiger partial charge in [-0.3, -0.25) is 0 Å². The summed E-state index contributed by atoms with van der Waals surface area (Å²) < 4.78 is 19.5. The van der Waals surface area contributed by atoms with E-state index in [1.54, 1.807) is 18.2 Å². The van der Waals surface area contributed by atoms with Crippen LogP contribution in [0, 0.1) is 6.92 Å². The van der Waals surface area contributed by atoms with Gasteiger partial charge in [-0.25, -0.2) is 13.9 Å². The lowest BCUT2D eigenvalue weighted by Gasteiger charge is -2.33. The molecule has 1 aliphatic rings. The van der Waals surface area contributed by atoms with Crippen molar-refractivity contribution in [1.82, 2.24) is 14.8 Å². The van der Waals surface area contributed by atoms with Crippen molar-refractivity contribution in [2.24, 2.45) is 0 Å². The number of hydrogen-bond acceptors (Lipinski definition) is 6. The predicted octanol–water partition coefficient (Wildman–Crippen LogP) is 4.73. The van der Waals surface area contributed by atoms with Crippen LogP contribution < -0.4 is 4.18 Å². The third kappa shape index (κ3) is 5.26. The summed E-state index contributed by atoms with van der Waals surface area (Å²) in [5, 5.41) is 16.7. The molecule has 0 aliphatic heterocycles. The van der Waals surface area contributed by atoms with E-state index in [2.05, 4.69) is 10.1 Å². The summed E-state index contributed by atoms with van der Waals surface area (Å²) in [7, 11) is -0.819. The van der Waals surface area contributed by atoms with Gasteiger partial charge >= 0.3 is 0 Å². The van der Waals surface area contributed by atoms with Gasteiger partial charge in [-0.2, -0.15) is 5.10 Å². The fourth-order valence-electron chi connectivity index (χ4n) is 3.31. The van der Waals surface area contributed by atoms with Crippen molar-refractivity contribution in [3.8, 4) is 5.75 Å². The molecule has 4 rings (SSSR count). The molecule has 3 aromatic rings. The van der Waals surface area contributed by atoms with Crippen molar-refractivity contribution >= 4 is 44.1 Å². The largest absolute Gasteiger partial charge is 0.392 e. The lowest BCUT2D eigenvalue weighted by Crippen LogP contribution is -2.47. The van der Waals surface area contributed by atoms with E-state index in [0.29, 0.717) is 28.8 Å². The molecule has 1 heterocycles. The summed E-state index contributed by atoms with van der Waals surface area (Å²) >= 11 is 13.0.